The molecule has 0 unspecified atom stereocenters. The van der Waals surface area contributed by atoms with E-state index in [0.717, 1.165) is 0 Å². The van der Waals surface area contributed by atoms with Crippen molar-refractivity contribution in [3.63, 3.8) is 0 Å². The van der Waals surface area contributed by atoms with Crippen molar-refractivity contribution in [2.24, 2.45) is 0 Å². The normalized spacial score (nSPS) is 6.86. The second-order valence-corrected chi connectivity index (χ2v) is 0.721. The minimum absolute atomic E-state index is 0.0417. The Morgan fingerprint density at radius 3 is 1.86 bits per heavy atom. The predicted molar refractivity (Wildman–Crippen MR) is 17.1 cm³/mol. The Morgan fingerprint density at radius 2 is 1.86 bits per heavy atom. The summed E-state index contributed by atoms with van der Waals surface area (Å²) in [5, 5.41) is 9.09. The Bertz CT molecular complexity index is 93.5. The largest absolute Gasteiger partial charge is 0.462 e. The molecule has 0 saturated carbocycles. The molecule has 0 aliphatic rings. The molecule has 0 aliphatic carbocycles. The Labute approximate surface area is 39.0 Å². The van der Waals surface area contributed by atoms with Gasteiger partial charge in [0.15, 0.2) is 0 Å². The van der Waals surface area contributed by atoms with E-state index in [2.05, 4.69) is 4.58 Å². The first-order valence-electron chi connectivity index (χ1n) is 1.42. The molecule has 0 aliphatic heterocycles. The van der Waals surface area contributed by atoms with Crippen LogP contribution in [0.2, 0.25) is 0 Å². The van der Waals surface area contributed by atoms with Crippen molar-refractivity contribution in [1.29, 1.82) is 0 Å². The molecule has 0 saturated heterocycles. The summed E-state index contributed by atoms with van der Waals surface area (Å²) >= 11 is 0. The van der Waals surface area contributed by atoms with Crippen molar-refractivity contribution in [3.8, 4) is 0 Å². The number of rotatable bonds is 2. The van der Waals surface area contributed by atoms with E-state index in [4.69, 9.17) is 5.26 Å². The van der Waals surface area contributed by atoms with Gasteiger partial charge in [-0.1, -0.05) is 0 Å². The molecule has 0 radical (unpaired) electrons. The molecule has 0 heterocycles. The first-order chi connectivity index (χ1) is 3.35. The zero-order valence-corrected chi connectivity index (χ0v) is 3.29. The lowest BCUT2D eigenvalue weighted by molar-refractivity contribution is -1.04. The minimum atomic E-state index is -0.736. The SMILES string of the molecule is O=CC(C=O)=[O+][O-]. The number of hydrogen-bond acceptors (Lipinski definition) is 3. The summed E-state index contributed by atoms with van der Waals surface area (Å²) in [7, 11) is 0. The quantitative estimate of drug-likeness (QED) is 0.0988. The summed E-state index contributed by atoms with van der Waals surface area (Å²) in [6, 6.07) is 0. The maximum absolute atomic E-state index is 9.37. The predicted octanol–water partition coefficient (Wildman–Crippen LogP) is -2.24. The molecule has 0 bridgehead atoms. The number of aldehydes is 2. The van der Waals surface area contributed by atoms with E-state index in [9.17, 15) is 9.59 Å². The fourth-order valence-corrected chi connectivity index (χ4v) is 0.0671. The molecule has 0 rings (SSSR count). The van der Waals surface area contributed by atoms with Gasteiger partial charge in [0, 0.05) is 0 Å². The number of carbonyl (C=O) groups excluding carboxylic acids is 3. The molecule has 0 amide bonds. The van der Waals surface area contributed by atoms with Crippen LogP contribution >= 0.6 is 0 Å². The summed E-state index contributed by atoms with van der Waals surface area (Å²) < 4.78 is 2.98. The Morgan fingerprint density at radius 1 is 1.43 bits per heavy atom. The van der Waals surface area contributed by atoms with Gasteiger partial charge in [-0.05, 0) is 0 Å². The van der Waals surface area contributed by atoms with Crippen LogP contribution in [0.15, 0.2) is 0 Å². The van der Waals surface area contributed by atoms with Crippen LogP contribution in [0.4, 0.5) is 0 Å². The van der Waals surface area contributed by atoms with E-state index in [1.807, 2.05) is 0 Å². The van der Waals surface area contributed by atoms with Crippen molar-refractivity contribution >= 4 is 18.4 Å². The highest BCUT2D eigenvalue weighted by molar-refractivity contribution is 6.50. The third-order valence-electron chi connectivity index (χ3n) is 0.329. The molecule has 4 heteroatoms. The number of carbonyl (C=O) groups is 2. The van der Waals surface area contributed by atoms with Crippen LogP contribution in [0.25, 0.3) is 0 Å². The summed E-state index contributed by atoms with van der Waals surface area (Å²) in [6.07, 6.45) is 0.0833. The zero-order chi connectivity index (χ0) is 5.70. The van der Waals surface area contributed by atoms with E-state index in [1.54, 1.807) is 0 Å². The average molecular weight is 102 g/mol. The van der Waals surface area contributed by atoms with Gasteiger partial charge in [0.1, 0.15) is 0 Å². The highest BCUT2D eigenvalue weighted by Gasteiger charge is 2.02. The summed E-state index contributed by atoms with van der Waals surface area (Å²) in [6.45, 7) is 0. The average Bonchev–Trinajstić information content (AvgIpc) is 1.72. The van der Waals surface area contributed by atoms with Gasteiger partial charge in [0.25, 0.3) is 12.6 Å². The Balaban J connectivity index is 3.85. The van der Waals surface area contributed by atoms with Crippen molar-refractivity contribution in [2.75, 3.05) is 0 Å². The van der Waals surface area contributed by atoms with E-state index < -0.39 is 5.78 Å². The minimum Gasteiger partial charge on any atom is -0.462 e. The van der Waals surface area contributed by atoms with Crippen molar-refractivity contribution in [3.05, 3.63) is 0 Å². The third-order valence-corrected chi connectivity index (χ3v) is 0.329. The highest BCUT2D eigenvalue weighted by atomic mass is 17.1. The third kappa shape index (κ3) is 1.64. The van der Waals surface area contributed by atoms with Crippen molar-refractivity contribution < 1.29 is 19.4 Å². The lowest BCUT2D eigenvalue weighted by Crippen LogP contribution is -2.11. The van der Waals surface area contributed by atoms with E-state index >= 15 is 0 Å². The monoisotopic (exact) mass is 102 g/mol. The standard InChI is InChI=1S/C3H2O4/c4-1-3(2-5)7-6/h1-2H. The van der Waals surface area contributed by atoms with Gasteiger partial charge >= 0.3 is 5.78 Å². The van der Waals surface area contributed by atoms with E-state index in [-0.39, 0.29) is 12.6 Å². The van der Waals surface area contributed by atoms with Crippen LogP contribution in [0.3, 0.4) is 0 Å². The molecule has 0 atom stereocenters. The van der Waals surface area contributed by atoms with Gasteiger partial charge in [-0.25, -0.2) is 0 Å². The molecule has 0 aromatic rings. The molecule has 0 N–H and O–H groups in total. The molecular formula is C3H2O4. The molecule has 7 heavy (non-hydrogen) atoms. The first kappa shape index (κ1) is 5.81. The maximum atomic E-state index is 9.37. The van der Waals surface area contributed by atoms with Crippen LogP contribution < -0.4 is 5.26 Å². The number of ketones is 1. The lowest BCUT2D eigenvalue weighted by Gasteiger charge is -1.64. The Kier molecular flexibility index (Phi) is 2.50. The first-order valence-corrected chi connectivity index (χ1v) is 1.42. The Hall–Kier alpha value is -1.19. The van der Waals surface area contributed by atoms with Gasteiger partial charge in [0.2, 0.25) is 0 Å². The van der Waals surface area contributed by atoms with E-state index in [0.29, 0.717) is 0 Å². The molecule has 0 aromatic heterocycles. The molecule has 0 aromatic carbocycles. The van der Waals surface area contributed by atoms with Gasteiger partial charge in [-0.3, -0.25) is 9.59 Å². The fourth-order valence-electron chi connectivity index (χ4n) is 0.0671. The molecular weight excluding hydrogens is 100 g/mol. The van der Waals surface area contributed by atoms with Gasteiger partial charge in [0.05, 0.1) is 0 Å². The van der Waals surface area contributed by atoms with Gasteiger partial charge in [-0.2, -0.15) is 4.58 Å². The summed E-state index contributed by atoms with van der Waals surface area (Å²) in [5.41, 5.74) is 0. The van der Waals surface area contributed by atoms with Crippen LogP contribution in [0, 0.1) is 0 Å². The highest BCUT2D eigenvalue weighted by Crippen LogP contribution is 1.49. The number of hydrogen-bond donors (Lipinski definition) is 0. The molecule has 0 spiro atoms. The topological polar surface area (TPSA) is 68.5 Å². The van der Waals surface area contributed by atoms with Gasteiger partial charge < -0.3 is 5.26 Å². The van der Waals surface area contributed by atoms with Crippen molar-refractivity contribution in [2.45, 2.75) is 0 Å². The van der Waals surface area contributed by atoms with E-state index in [1.165, 1.54) is 0 Å². The second kappa shape index (κ2) is 3.02. The van der Waals surface area contributed by atoms with Crippen LogP contribution in [-0.2, 0) is 14.2 Å². The molecule has 38 valence electrons. The van der Waals surface area contributed by atoms with Crippen LogP contribution in [-0.4, -0.2) is 18.4 Å². The smallest absolute Gasteiger partial charge is 0.454 e. The molecule has 0 fully saturated rings. The molecule has 4 nitrogen and oxygen atoms in total. The van der Waals surface area contributed by atoms with Crippen molar-refractivity contribution in [1.82, 2.24) is 0 Å². The van der Waals surface area contributed by atoms with Crippen LogP contribution in [0.5, 0.6) is 0 Å². The fraction of sp³-hybridized carbons (Fsp3) is 0. The van der Waals surface area contributed by atoms with Gasteiger partial charge in [-0.15, -0.1) is 0 Å². The second-order valence-electron chi connectivity index (χ2n) is 0.721. The zero-order valence-electron chi connectivity index (χ0n) is 3.29. The maximum Gasteiger partial charge on any atom is 0.454 e. The summed E-state index contributed by atoms with van der Waals surface area (Å²) in [4.78, 5) is 18.7. The lowest BCUT2D eigenvalue weighted by atomic mass is 10.5. The van der Waals surface area contributed by atoms with Crippen LogP contribution in [0.1, 0.15) is 0 Å². The summed E-state index contributed by atoms with van der Waals surface area (Å²) in [5.74, 6) is -0.736.